The van der Waals surface area contributed by atoms with Crippen molar-refractivity contribution < 1.29 is 14.3 Å². The van der Waals surface area contributed by atoms with Crippen LogP contribution in [0.3, 0.4) is 0 Å². The number of carbonyl (C=O) groups is 1. The van der Waals surface area contributed by atoms with Crippen LogP contribution in [0.4, 0.5) is 4.79 Å². The van der Waals surface area contributed by atoms with Crippen LogP contribution >= 0.6 is 0 Å². The summed E-state index contributed by atoms with van der Waals surface area (Å²) in [5, 5.41) is 13.6. The van der Waals surface area contributed by atoms with E-state index in [-0.39, 0.29) is 18.1 Å². The Hall–Kier alpha value is -2.77. The molecule has 0 saturated carbocycles. The molecule has 1 heterocycles. The largest absolute Gasteiger partial charge is 0.493 e. The van der Waals surface area contributed by atoms with E-state index in [0.717, 1.165) is 5.56 Å². The van der Waals surface area contributed by atoms with Gasteiger partial charge in [-0.3, -0.25) is 0 Å². The van der Waals surface area contributed by atoms with Crippen molar-refractivity contribution in [3.05, 3.63) is 35.9 Å². The van der Waals surface area contributed by atoms with Gasteiger partial charge in [0, 0.05) is 7.05 Å². The highest BCUT2D eigenvalue weighted by molar-refractivity contribution is 5.74. The van der Waals surface area contributed by atoms with E-state index in [9.17, 15) is 4.79 Å². The molecule has 0 spiro atoms. The summed E-state index contributed by atoms with van der Waals surface area (Å²) >= 11 is 0. The average molecular weight is 347 g/mol. The Morgan fingerprint density at radius 1 is 1.24 bits per heavy atom. The van der Waals surface area contributed by atoms with Crippen molar-refractivity contribution in [3.8, 4) is 11.5 Å². The van der Waals surface area contributed by atoms with E-state index in [1.165, 1.54) is 0 Å². The number of urea groups is 1. The number of hydrogen-bond donors (Lipinski definition) is 2. The van der Waals surface area contributed by atoms with E-state index in [4.69, 9.17) is 9.47 Å². The van der Waals surface area contributed by atoms with Crippen LogP contribution in [-0.2, 0) is 7.05 Å². The molecule has 0 saturated heterocycles. The molecule has 136 valence electrons. The highest BCUT2D eigenvalue weighted by atomic mass is 16.5. The molecule has 2 atom stereocenters. The van der Waals surface area contributed by atoms with Gasteiger partial charge in [0.15, 0.2) is 17.3 Å². The van der Waals surface area contributed by atoms with Crippen molar-refractivity contribution in [2.45, 2.75) is 32.9 Å². The molecule has 25 heavy (non-hydrogen) atoms. The lowest BCUT2D eigenvalue weighted by atomic mass is 10.1. The van der Waals surface area contributed by atoms with E-state index in [1.54, 1.807) is 18.0 Å². The summed E-state index contributed by atoms with van der Waals surface area (Å²) < 4.78 is 12.6. The van der Waals surface area contributed by atoms with Gasteiger partial charge in [0.2, 0.25) is 0 Å². The Bertz CT molecular complexity index is 716. The summed E-state index contributed by atoms with van der Waals surface area (Å²) in [5.41, 5.74) is 0.918. The summed E-state index contributed by atoms with van der Waals surface area (Å²) in [6.07, 6.45) is 1.60. The zero-order valence-corrected chi connectivity index (χ0v) is 15.2. The summed E-state index contributed by atoms with van der Waals surface area (Å²) in [4.78, 5) is 12.2. The molecule has 1 aromatic carbocycles. The maximum Gasteiger partial charge on any atom is 0.315 e. The predicted octanol–water partition coefficient (Wildman–Crippen LogP) is 2.34. The van der Waals surface area contributed by atoms with Crippen molar-refractivity contribution in [1.29, 1.82) is 0 Å². The molecule has 0 radical (unpaired) electrons. The van der Waals surface area contributed by atoms with Crippen molar-refractivity contribution >= 4 is 6.03 Å². The van der Waals surface area contributed by atoms with Crippen LogP contribution < -0.4 is 20.1 Å². The predicted molar refractivity (Wildman–Crippen MR) is 93.7 cm³/mol. The smallest absolute Gasteiger partial charge is 0.315 e. The number of nitrogens with one attached hydrogen (secondary N) is 2. The molecule has 2 N–H and O–H groups in total. The molecule has 0 fully saturated rings. The number of aromatic nitrogens is 3. The van der Waals surface area contributed by atoms with E-state index in [1.807, 2.05) is 46.0 Å². The first-order chi connectivity index (χ1) is 12.0. The first-order valence-electron chi connectivity index (χ1n) is 8.17. The second-order valence-electron chi connectivity index (χ2n) is 5.70. The molecule has 2 amide bonds. The lowest BCUT2D eigenvalue weighted by molar-refractivity contribution is 0.234. The molecule has 2 unspecified atom stereocenters. The van der Waals surface area contributed by atoms with E-state index >= 15 is 0 Å². The molecule has 2 rings (SSSR count). The topological polar surface area (TPSA) is 90.3 Å². The van der Waals surface area contributed by atoms with Gasteiger partial charge in [-0.2, -0.15) is 0 Å². The fraction of sp³-hybridized carbons (Fsp3) is 0.471. The van der Waals surface area contributed by atoms with Crippen LogP contribution in [0.5, 0.6) is 11.5 Å². The first-order valence-corrected chi connectivity index (χ1v) is 8.17. The van der Waals surface area contributed by atoms with Crippen LogP contribution in [-0.4, -0.2) is 34.5 Å². The molecular formula is C17H25N5O3. The molecule has 2 aromatic rings. The van der Waals surface area contributed by atoms with E-state index in [2.05, 4.69) is 20.8 Å². The Labute approximate surface area is 147 Å². The highest BCUT2D eigenvalue weighted by Gasteiger charge is 2.17. The lowest BCUT2D eigenvalue weighted by Crippen LogP contribution is -2.39. The third-order valence-electron chi connectivity index (χ3n) is 3.82. The van der Waals surface area contributed by atoms with Crippen LogP contribution in [0.1, 0.15) is 44.2 Å². The Morgan fingerprint density at radius 3 is 2.56 bits per heavy atom. The van der Waals surface area contributed by atoms with Gasteiger partial charge in [-0.05, 0) is 38.5 Å². The van der Waals surface area contributed by atoms with Gasteiger partial charge in [0.05, 0.1) is 25.8 Å². The number of aryl methyl sites for hydroxylation is 1. The number of ether oxygens (including phenoxy) is 2. The third-order valence-corrected chi connectivity index (χ3v) is 3.82. The highest BCUT2D eigenvalue weighted by Crippen LogP contribution is 2.30. The number of nitrogens with zero attached hydrogens (tertiary/aromatic N) is 3. The van der Waals surface area contributed by atoms with Crippen LogP contribution in [0.15, 0.2) is 24.5 Å². The third kappa shape index (κ3) is 4.62. The van der Waals surface area contributed by atoms with Crippen LogP contribution in [0.2, 0.25) is 0 Å². The van der Waals surface area contributed by atoms with Gasteiger partial charge in [0.25, 0.3) is 0 Å². The number of methoxy groups -OCH3 is 1. The van der Waals surface area contributed by atoms with E-state index < -0.39 is 0 Å². The minimum atomic E-state index is -0.282. The molecule has 0 aliphatic heterocycles. The number of carbonyl (C=O) groups excluding carboxylic acids is 1. The first kappa shape index (κ1) is 18.6. The Balaban J connectivity index is 2.00. The average Bonchev–Trinajstić information content (AvgIpc) is 3.01. The monoisotopic (exact) mass is 347 g/mol. The van der Waals surface area contributed by atoms with Crippen molar-refractivity contribution in [3.63, 3.8) is 0 Å². The van der Waals surface area contributed by atoms with Crippen LogP contribution in [0, 0.1) is 0 Å². The molecular weight excluding hydrogens is 322 g/mol. The number of benzene rings is 1. The maximum atomic E-state index is 12.2. The minimum Gasteiger partial charge on any atom is -0.493 e. The van der Waals surface area contributed by atoms with E-state index in [0.29, 0.717) is 23.9 Å². The maximum absolute atomic E-state index is 12.2. The lowest BCUT2D eigenvalue weighted by Gasteiger charge is -2.19. The van der Waals surface area contributed by atoms with Gasteiger partial charge < -0.3 is 24.7 Å². The van der Waals surface area contributed by atoms with Crippen molar-refractivity contribution in [2.75, 3.05) is 13.7 Å². The zero-order chi connectivity index (χ0) is 18.4. The van der Waals surface area contributed by atoms with Gasteiger partial charge in [-0.1, -0.05) is 6.07 Å². The number of amides is 2. The van der Waals surface area contributed by atoms with Gasteiger partial charge in [0.1, 0.15) is 6.33 Å². The molecule has 0 aliphatic carbocycles. The summed E-state index contributed by atoms with van der Waals surface area (Å²) in [7, 11) is 3.43. The van der Waals surface area contributed by atoms with Gasteiger partial charge >= 0.3 is 6.03 Å². The van der Waals surface area contributed by atoms with Crippen molar-refractivity contribution in [1.82, 2.24) is 25.4 Å². The van der Waals surface area contributed by atoms with Crippen LogP contribution in [0.25, 0.3) is 0 Å². The SMILES string of the molecule is CCOc1ccc(C(C)NC(=O)NC(C)c2nncn2C)cc1OC. The summed E-state index contributed by atoms with van der Waals surface area (Å²) in [6, 6.07) is 4.88. The zero-order valence-electron chi connectivity index (χ0n) is 15.2. The standard InChI is InChI=1S/C17H25N5O3/c1-6-25-14-8-7-13(9-15(14)24-5)11(2)19-17(23)20-12(3)16-21-18-10-22(16)4/h7-12H,6H2,1-5H3,(H2,19,20,23). The van der Waals surface area contributed by atoms with Crippen molar-refractivity contribution in [2.24, 2.45) is 7.05 Å². The molecule has 8 heteroatoms. The number of hydrogen-bond acceptors (Lipinski definition) is 5. The van der Waals surface area contributed by atoms with Gasteiger partial charge in [-0.15, -0.1) is 10.2 Å². The fourth-order valence-corrected chi connectivity index (χ4v) is 2.50. The second-order valence-corrected chi connectivity index (χ2v) is 5.70. The molecule has 1 aromatic heterocycles. The normalized spacial score (nSPS) is 13.0. The second kappa shape index (κ2) is 8.36. The molecule has 0 bridgehead atoms. The van der Waals surface area contributed by atoms with Gasteiger partial charge in [-0.25, -0.2) is 4.79 Å². The number of rotatable bonds is 7. The summed E-state index contributed by atoms with van der Waals surface area (Å²) in [6.45, 7) is 6.24. The fourth-order valence-electron chi connectivity index (χ4n) is 2.50. The molecule has 0 aliphatic rings. The molecule has 8 nitrogen and oxygen atoms in total. The summed E-state index contributed by atoms with van der Waals surface area (Å²) in [5.74, 6) is 2.01. The minimum absolute atomic E-state index is 0.198. The quantitative estimate of drug-likeness (QED) is 0.802. The Kier molecular flexibility index (Phi) is 6.21. The Morgan fingerprint density at radius 2 is 1.96 bits per heavy atom.